The number of ketones is 1. The fourth-order valence-electron chi connectivity index (χ4n) is 5.69. The number of ether oxygens (including phenoxy) is 4. The van der Waals surface area contributed by atoms with Gasteiger partial charge in [-0.15, -0.1) is 0 Å². The molecular weight excluding hydrogens is 586 g/mol. The first kappa shape index (κ1) is 28.5. The van der Waals surface area contributed by atoms with E-state index in [4.69, 9.17) is 18.9 Å². The number of hydrogen-bond donors (Lipinski definition) is 1. The van der Waals surface area contributed by atoms with Crippen molar-refractivity contribution in [3.05, 3.63) is 110 Å². The normalized spacial score (nSPS) is 18.4. The van der Waals surface area contributed by atoms with Gasteiger partial charge in [-0.3, -0.25) is 4.79 Å². The van der Waals surface area contributed by atoms with Gasteiger partial charge in [0.2, 0.25) is 0 Å². The predicted octanol–water partition coefficient (Wildman–Crippen LogP) is 6.58. The van der Waals surface area contributed by atoms with E-state index in [-0.39, 0.29) is 24.7 Å². The summed E-state index contributed by atoms with van der Waals surface area (Å²) in [6.07, 6.45) is 0.876. The van der Waals surface area contributed by atoms with Gasteiger partial charge in [-0.1, -0.05) is 52.3 Å². The van der Waals surface area contributed by atoms with Crippen molar-refractivity contribution < 1.29 is 28.5 Å². The van der Waals surface area contributed by atoms with Gasteiger partial charge in [0.1, 0.15) is 12.4 Å². The number of Topliss-reactive ketones (excluding diaryl/α,β-unsaturated/α-hetero) is 1. The van der Waals surface area contributed by atoms with E-state index in [1.54, 1.807) is 21.3 Å². The summed E-state index contributed by atoms with van der Waals surface area (Å²) < 4.78 is 23.2. The Balaban J connectivity index is 1.56. The van der Waals surface area contributed by atoms with Gasteiger partial charge >= 0.3 is 5.97 Å². The molecule has 41 heavy (non-hydrogen) atoms. The Labute approximate surface area is 248 Å². The second-order valence-corrected chi connectivity index (χ2v) is 11.0. The van der Waals surface area contributed by atoms with Crippen molar-refractivity contribution in [2.75, 3.05) is 21.3 Å². The van der Waals surface area contributed by atoms with Crippen LogP contribution in [-0.4, -0.2) is 33.1 Å². The molecule has 1 aliphatic heterocycles. The highest BCUT2D eigenvalue weighted by molar-refractivity contribution is 9.10. The molecule has 7 nitrogen and oxygen atoms in total. The quantitative estimate of drug-likeness (QED) is 0.286. The highest BCUT2D eigenvalue weighted by atomic mass is 79.9. The fraction of sp³-hybridized carbons (Fsp3) is 0.273. The zero-order valence-corrected chi connectivity index (χ0v) is 25.0. The van der Waals surface area contributed by atoms with Crippen LogP contribution in [0.1, 0.15) is 48.3 Å². The lowest BCUT2D eigenvalue weighted by molar-refractivity contribution is -0.140. The summed E-state index contributed by atoms with van der Waals surface area (Å²) in [6, 6.07) is 20.9. The van der Waals surface area contributed by atoms with E-state index < -0.39 is 11.9 Å². The molecule has 0 amide bonds. The monoisotopic (exact) mass is 617 g/mol. The third-order valence-electron chi connectivity index (χ3n) is 7.64. The summed E-state index contributed by atoms with van der Waals surface area (Å²) in [7, 11) is 4.78. The summed E-state index contributed by atoms with van der Waals surface area (Å²) in [5, 5.41) is 3.41. The molecule has 8 heteroatoms. The van der Waals surface area contributed by atoms with Gasteiger partial charge in [-0.2, -0.15) is 0 Å². The second-order valence-electron chi connectivity index (χ2n) is 10.1. The summed E-state index contributed by atoms with van der Waals surface area (Å²) in [6.45, 7) is 1.98. The van der Waals surface area contributed by atoms with Gasteiger partial charge in [0.15, 0.2) is 17.3 Å². The Morgan fingerprint density at radius 1 is 0.902 bits per heavy atom. The average molecular weight is 619 g/mol. The van der Waals surface area contributed by atoms with Crippen LogP contribution in [0.25, 0.3) is 0 Å². The molecule has 3 aromatic carbocycles. The molecule has 212 valence electrons. The van der Waals surface area contributed by atoms with Crippen LogP contribution in [0.5, 0.6) is 17.2 Å². The summed E-state index contributed by atoms with van der Waals surface area (Å²) >= 11 is 3.57. The maximum atomic E-state index is 14.0. The van der Waals surface area contributed by atoms with E-state index >= 15 is 0 Å². The van der Waals surface area contributed by atoms with Crippen LogP contribution < -0.4 is 19.5 Å². The largest absolute Gasteiger partial charge is 0.496 e. The number of hydrogen-bond acceptors (Lipinski definition) is 7. The zero-order chi connectivity index (χ0) is 29.1. The molecular formula is C33H32BrNO6. The van der Waals surface area contributed by atoms with Crippen molar-refractivity contribution in [2.24, 2.45) is 0 Å². The lowest BCUT2D eigenvalue weighted by Gasteiger charge is -2.37. The van der Waals surface area contributed by atoms with E-state index in [0.717, 1.165) is 26.9 Å². The number of rotatable bonds is 8. The first-order valence-corrected chi connectivity index (χ1v) is 14.1. The molecule has 2 atom stereocenters. The van der Waals surface area contributed by atoms with Crippen LogP contribution >= 0.6 is 15.9 Å². The topological polar surface area (TPSA) is 83.1 Å². The van der Waals surface area contributed by atoms with Crippen LogP contribution in [0.3, 0.4) is 0 Å². The minimum atomic E-state index is -0.652. The Bertz CT molecular complexity index is 1540. The zero-order valence-electron chi connectivity index (χ0n) is 23.5. The third-order valence-corrected chi connectivity index (χ3v) is 8.14. The molecule has 0 aromatic heterocycles. The number of nitrogens with one attached hydrogen (secondary N) is 1. The molecule has 0 radical (unpaired) electrons. The van der Waals surface area contributed by atoms with Gasteiger partial charge < -0.3 is 24.3 Å². The van der Waals surface area contributed by atoms with Crippen molar-refractivity contribution in [2.45, 2.75) is 38.2 Å². The first-order valence-electron chi connectivity index (χ1n) is 13.3. The Hall–Kier alpha value is -4.04. The molecule has 2 aliphatic rings. The summed E-state index contributed by atoms with van der Waals surface area (Å²) in [5.74, 6) is 0.596. The van der Waals surface area contributed by atoms with E-state index in [2.05, 4.69) is 21.2 Å². The predicted molar refractivity (Wildman–Crippen MR) is 159 cm³/mol. The van der Waals surface area contributed by atoms with Crippen molar-refractivity contribution >= 4 is 27.7 Å². The van der Waals surface area contributed by atoms with Gasteiger partial charge in [0, 0.05) is 33.4 Å². The molecule has 0 fully saturated rings. The van der Waals surface area contributed by atoms with Crippen molar-refractivity contribution in [1.29, 1.82) is 0 Å². The highest BCUT2D eigenvalue weighted by Crippen LogP contribution is 2.48. The van der Waals surface area contributed by atoms with E-state index in [0.29, 0.717) is 40.5 Å². The van der Waals surface area contributed by atoms with Gasteiger partial charge in [0.25, 0.3) is 0 Å². The van der Waals surface area contributed by atoms with Crippen LogP contribution in [0.2, 0.25) is 0 Å². The Morgan fingerprint density at radius 2 is 1.61 bits per heavy atom. The summed E-state index contributed by atoms with van der Waals surface area (Å²) in [5.41, 5.74) is 4.99. The van der Waals surface area contributed by atoms with Gasteiger partial charge in [0.05, 0.1) is 32.8 Å². The second kappa shape index (κ2) is 12.2. The number of esters is 1. The van der Waals surface area contributed by atoms with Crippen LogP contribution in [0.4, 0.5) is 0 Å². The lowest BCUT2D eigenvalue weighted by Crippen LogP contribution is -2.36. The molecule has 0 unspecified atom stereocenters. The summed E-state index contributed by atoms with van der Waals surface area (Å²) in [4.78, 5) is 27.7. The van der Waals surface area contributed by atoms with Crippen LogP contribution in [0.15, 0.2) is 93.7 Å². The minimum Gasteiger partial charge on any atom is -0.496 e. The molecule has 3 aromatic rings. The van der Waals surface area contributed by atoms with E-state index in [1.807, 2.05) is 73.7 Å². The van der Waals surface area contributed by atoms with E-state index in [9.17, 15) is 9.59 Å². The lowest BCUT2D eigenvalue weighted by atomic mass is 9.71. The standard InChI is InChI=1S/C33H32BrNO6/c1-19-30(33(37)41-18-20-8-6-5-7-9-20)31(24-17-23(34)11-13-27(24)38-2)32-25(35-19)14-22(15-26(32)36)21-10-12-28(39-3)29(16-21)40-4/h5-13,16-17,22,31,35H,14-15,18H2,1-4H3/t22-,31+/m0/s1. The van der Waals surface area contributed by atoms with Crippen molar-refractivity contribution in [3.63, 3.8) is 0 Å². The number of carbonyl (C=O) groups is 2. The van der Waals surface area contributed by atoms with Gasteiger partial charge in [-0.05, 0) is 60.7 Å². The first-order chi connectivity index (χ1) is 19.8. The van der Waals surface area contributed by atoms with Crippen LogP contribution in [-0.2, 0) is 20.9 Å². The maximum Gasteiger partial charge on any atom is 0.337 e. The SMILES string of the molecule is COc1ccc([C@@H]2CC(=O)C3=C(C2)NC(C)=C(C(=O)OCc2ccccc2)[C@H]3c2cc(Br)ccc2OC)cc1OC. The molecule has 0 saturated heterocycles. The van der Waals surface area contributed by atoms with Gasteiger partial charge in [-0.25, -0.2) is 4.79 Å². The molecule has 0 saturated carbocycles. The smallest absolute Gasteiger partial charge is 0.337 e. The molecule has 1 N–H and O–H groups in total. The maximum absolute atomic E-state index is 14.0. The average Bonchev–Trinajstić information content (AvgIpc) is 2.99. The Morgan fingerprint density at radius 3 is 2.32 bits per heavy atom. The molecule has 5 rings (SSSR count). The van der Waals surface area contributed by atoms with Crippen molar-refractivity contribution in [1.82, 2.24) is 5.32 Å². The number of allylic oxidation sites excluding steroid dienone is 3. The fourth-order valence-corrected chi connectivity index (χ4v) is 6.07. The molecule has 1 aliphatic carbocycles. The number of benzene rings is 3. The van der Waals surface area contributed by atoms with E-state index in [1.165, 1.54) is 0 Å². The molecule has 0 bridgehead atoms. The molecule has 1 heterocycles. The number of halogens is 1. The molecule has 0 spiro atoms. The highest BCUT2D eigenvalue weighted by Gasteiger charge is 2.42. The number of methoxy groups -OCH3 is 3. The minimum absolute atomic E-state index is 0.0357. The third kappa shape index (κ3) is 5.75. The number of carbonyl (C=O) groups excluding carboxylic acids is 2. The number of dihydropyridines is 1. The Kier molecular flexibility index (Phi) is 8.49. The van der Waals surface area contributed by atoms with Crippen molar-refractivity contribution in [3.8, 4) is 17.2 Å². The van der Waals surface area contributed by atoms with Crippen LogP contribution in [0, 0.1) is 0 Å².